The number of hydrogen-bond acceptors (Lipinski definition) is 4. The average molecular weight is 401 g/mol. The molecule has 160 valence electrons. The van der Waals surface area contributed by atoms with Gasteiger partial charge in [0.1, 0.15) is 5.60 Å². The van der Waals surface area contributed by atoms with Crippen molar-refractivity contribution >= 4 is 14.3 Å². The quantitative estimate of drug-likeness (QED) is 0.391. The molecule has 4 nitrogen and oxygen atoms in total. The SMILES string of the molecule is CC(C)(C)OC(=O)C(C)(C)OC[C@@H]1CCC[C@H](CO[Si](C)(C)C(C)(C)C)C1. The van der Waals surface area contributed by atoms with Crippen LogP contribution in [0.15, 0.2) is 0 Å². The van der Waals surface area contributed by atoms with Crippen LogP contribution in [-0.4, -0.2) is 38.7 Å². The van der Waals surface area contributed by atoms with Crippen molar-refractivity contribution in [2.45, 2.75) is 110 Å². The van der Waals surface area contributed by atoms with E-state index in [1.165, 1.54) is 19.3 Å². The Morgan fingerprint density at radius 2 is 1.44 bits per heavy atom. The lowest BCUT2D eigenvalue weighted by Gasteiger charge is -2.39. The maximum absolute atomic E-state index is 12.4. The monoisotopic (exact) mass is 400 g/mol. The molecule has 2 atom stereocenters. The Kier molecular flexibility index (Phi) is 8.18. The van der Waals surface area contributed by atoms with Crippen LogP contribution in [0.25, 0.3) is 0 Å². The van der Waals surface area contributed by atoms with Gasteiger partial charge in [-0.05, 0) is 83.8 Å². The number of carbonyl (C=O) groups excluding carboxylic acids is 1. The summed E-state index contributed by atoms with van der Waals surface area (Å²) < 4.78 is 18.0. The third-order valence-corrected chi connectivity index (χ3v) is 10.4. The smallest absolute Gasteiger partial charge is 0.338 e. The lowest BCUT2D eigenvalue weighted by atomic mass is 9.82. The van der Waals surface area contributed by atoms with Gasteiger partial charge in [-0.3, -0.25) is 0 Å². The summed E-state index contributed by atoms with van der Waals surface area (Å²) in [5.74, 6) is 0.809. The van der Waals surface area contributed by atoms with E-state index in [1.807, 2.05) is 34.6 Å². The number of hydrogen-bond donors (Lipinski definition) is 0. The highest BCUT2D eigenvalue weighted by molar-refractivity contribution is 6.74. The van der Waals surface area contributed by atoms with E-state index < -0.39 is 19.5 Å². The molecule has 1 aliphatic carbocycles. The first-order valence-electron chi connectivity index (χ1n) is 10.5. The largest absolute Gasteiger partial charge is 0.458 e. The lowest BCUT2D eigenvalue weighted by molar-refractivity contribution is -0.181. The summed E-state index contributed by atoms with van der Waals surface area (Å²) in [5.41, 5.74) is -1.40. The van der Waals surface area contributed by atoms with Crippen LogP contribution in [0.5, 0.6) is 0 Å². The predicted octanol–water partition coefficient (Wildman–Crippen LogP) is 5.95. The minimum atomic E-state index is -1.69. The van der Waals surface area contributed by atoms with E-state index in [0.29, 0.717) is 18.4 Å². The molecular weight excluding hydrogens is 356 g/mol. The van der Waals surface area contributed by atoms with Crippen LogP contribution in [0.2, 0.25) is 18.1 Å². The second kappa shape index (κ2) is 8.96. The van der Waals surface area contributed by atoms with Gasteiger partial charge in [0.15, 0.2) is 13.9 Å². The summed E-state index contributed by atoms with van der Waals surface area (Å²) in [7, 11) is -1.69. The molecule has 27 heavy (non-hydrogen) atoms. The molecule has 1 aliphatic rings. The molecular formula is C22H44O4Si. The topological polar surface area (TPSA) is 44.8 Å². The fraction of sp³-hybridized carbons (Fsp3) is 0.955. The molecule has 0 aromatic rings. The molecule has 0 aromatic carbocycles. The standard InChI is InChI=1S/C22H44O4Si/c1-20(2,3)26-19(23)22(7,8)24-15-17-12-11-13-18(14-17)16-25-27(9,10)21(4,5)6/h17-18H,11-16H2,1-10H3/t17-,18+/m1/s1. The minimum Gasteiger partial charge on any atom is -0.458 e. The molecule has 0 saturated heterocycles. The molecule has 0 aromatic heterocycles. The lowest BCUT2D eigenvalue weighted by Crippen LogP contribution is -2.43. The summed E-state index contributed by atoms with van der Waals surface area (Å²) in [6, 6.07) is 0. The van der Waals surface area contributed by atoms with Gasteiger partial charge in [0, 0.05) is 6.61 Å². The first-order chi connectivity index (χ1) is 12.0. The van der Waals surface area contributed by atoms with Crippen molar-refractivity contribution in [3.05, 3.63) is 0 Å². The second-order valence-corrected chi connectivity index (χ2v) is 16.1. The molecule has 1 saturated carbocycles. The molecule has 0 bridgehead atoms. The van der Waals surface area contributed by atoms with E-state index in [1.54, 1.807) is 0 Å². The normalized spacial score (nSPS) is 22.6. The van der Waals surface area contributed by atoms with E-state index in [9.17, 15) is 4.79 Å². The van der Waals surface area contributed by atoms with E-state index in [-0.39, 0.29) is 11.0 Å². The Labute approximate surface area is 168 Å². The summed E-state index contributed by atoms with van der Waals surface area (Å²) >= 11 is 0. The summed E-state index contributed by atoms with van der Waals surface area (Å²) in [6.07, 6.45) is 4.74. The molecule has 0 heterocycles. The first kappa shape index (κ1) is 24.6. The van der Waals surface area contributed by atoms with Crippen LogP contribution in [-0.2, 0) is 18.7 Å². The van der Waals surface area contributed by atoms with Gasteiger partial charge in [-0.1, -0.05) is 27.2 Å². The van der Waals surface area contributed by atoms with Crippen molar-refractivity contribution in [2.75, 3.05) is 13.2 Å². The minimum absolute atomic E-state index is 0.252. The zero-order chi connectivity index (χ0) is 21.1. The highest BCUT2D eigenvalue weighted by atomic mass is 28.4. The fourth-order valence-corrected chi connectivity index (χ4v) is 4.12. The van der Waals surface area contributed by atoms with Crippen molar-refractivity contribution in [3.63, 3.8) is 0 Å². The van der Waals surface area contributed by atoms with Crippen LogP contribution in [0, 0.1) is 11.8 Å². The van der Waals surface area contributed by atoms with E-state index in [4.69, 9.17) is 13.9 Å². The first-order valence-corrected chi connectivity index (χ1v) is 13.5. The van der Waals surface area contributed by atoms with Gasteiger partial charge in [-0.25, -0.2) is 4.79 Å². The maximum Gasteiger partial charge on any atom is 0.338 e. The van der Waals surface area contributed by atoms with Gasteiger partial charge >= 0.3 is 5.97 Å². The Morgan fingerprint density at radius 3 is 1.93 bits per heavy atom. The van der Waals surface area contributed by atoms with Crippen LogP contribution in [0.4, 0.5) is 0 Å². The predicted molar refractivity (Wildman–Crippen MR) is 114 cm³/mol. The Balaban J connectivity index is 2.50. The van der Waals surface area contributed by atoms with E-state index in [2.05, 4.69) is 33.9 Å². The van der Waals surface area contributed by atoms with Crippen LogP contribution < -0.4 is 0 Å². The Bertz CT molecular complexity index is 486. The van der Waals surface area contributed by atoms with Crippen molar-refractivity contribution in [1.82, 2.24) is 0 Å². The molecule has 5 heteroatoms. The Hall–Kier alpha value is -0.393. The van der Waals surface area contributed by atoms with Gasteiger partial charge < -0.3 is 13.9 Å². The highest BCUT2D eigenvalue weighted by Crippen LogP contribution is 2.38. The molecule has 1 rings (SSSR count). The van der Waals surface area contributed by atoms with Gasteiger partial charge in [0.2, 0.25) is 0 Å². The van der Waals surface area contributed by atoms with Crippen molar-refractivity contribution in [2.24, 2.45) is 11.8 Å². The number of esters is 1. The van der Waals surface area contributed by atoms with Crippen LogP contribution in [0.1, 0.15) is 81.1 Å². The summed E-state index contributed by atoms with van der Waals surface area (Å²) in [6.45, 7) is 22.2. The zero-order valence-electron chi connectivity index (χ0n) is 19.5. The molecule has 0 aliphatic heterocycles. The van der Waals surface area contributed by atoms with Crippen molar-refractivity contribution in [3.8, 4) is 0 Å². The molecule has 1 fully saturated rings. The molecule has 0 unspecified atom stereocenters. The number of ether oxygens (including phenoxy) is 2. The highest BCUT2D eigenvalue weighted by Gasteiger charge is 2.38. The second-order valence-electron chi connectivity index (χ2n) is 11.3. The molecule has 0 radical (unpaired) electrons. The summed E-state index contributed by atoms with van der Waals surface area (Å²) in [5, 5.41) is 0.252. The van der Waals surface area contributed by atoms with Crippen molar-refractivity contribution in [1.29, 1.82) is 0 Å². The van der Waals surface area contributed by atoms with Crippen molar-refractivity contribution < 1.29 is 18.7 Å². The van der Waals surface area contributed by atoms with Crippen LogP contribution in [0.3, 0.4) is 0 Å². The number of rotatable bonds is 7. The van der Waals surface area contributed by atoms with Gasteiger partial charge in [-0.2, -0.15) is 0 Å². The third-order valence-electron chi connectivity index (χ3n) is 5.95. The average Bonchev–Trinajstić information content (AvgIpc) is 2.49. The number of carbonyl (C=O) groups is 1. The van der Waals surface area contributed by atoms with E-state index >= 15 is 0 Å². The van der Waals surface area contributed by atoms with E-state index in [0.717, 1.165) is 13.0 Å². The third kappa shape index (κ3) is 8.24. The van der Waals surface area contributed by atoms with Crippen LogP contribution >= 0.6 is 0 Å². The van der Waals surface area contributed by atoms with Gasteiger partial charge in [0.05, 0.1) is 6.61 Å². The Morgan fingerprint density at radius 1 is 0.926 bits per heavy atom. The maximum atomic E-state index is 12.4. The molecule has 0 N–H and O–H groups in total. The van der Waals surface area contributed by atoms with Gasteiger partial charge in [-0.15, -0.1) is 0 Å². The zero-order valence-corrected chi connectivity index (χ0v) is 20.5. The molecule has 0 amide bonds. The fourth-order valence-electron chi connectivity index (χ4n) is 3.03. The summed E-state index contributed by atoms with van der Waals surface area (Å²) in [4.78, 5) is 12.4. The van der Waals surface area contributed by atoms with Gasteiger partial charge in [0.25, 0.3) is 0 Å². The molecule has 0 spiro atoms.